The number of carbonyl (C=O) groups excluding carboxylic acids is 1. The first kappa shape index (κ1) is 26.1. The van der Waals surface area contributed by atoms with Gasteiger partial charge >= 0.3 is 5.97 Å². The number of guanidine groups is 1. The van der Waals surface area contributed by atoms with Gasteiger partial charge in [-0.05, 0) is 32.8 Å². The Hall–Kier alpha value is -3.98. The number of rotatable bonds is 11. The number of carboxylic acid groups (broad SMARTS) is 1. The van der Waals surface area contributed by atoms with Gasteiger partial charge in [0.25, 0.3) is 5.91 Å². The normalized spacial score (nSPS) is 14.3. The number of benzene rings is 1. The smallest absolute Gasteiger partial charge is 0.323 e. The van der Waals surface area contributed by atoms with E-state index >= 15 is 0 Å². The molecule has 6 N–H and O–H groups in total. The van der Waals surface area contributed by atoms with Crippen LogP contribution in [0.3, 0.4) is 0 Å². The number of hydrogen-bond acceptors (Lipinski definition) is 10. The largest absolute Gasteiger partial charge is 0.480 e. The van der Waals surface area contributed by atoms with Gasteiger partial charge in [-0.2, -0.15) is 9.82 Å². The number of H-pyrrole nitrogens is 1. The van der Waals surface area contributed by atoms with Crippen LogP contribution in [0.4, 0.5) is 0 Å². The van der Waals surface area contributed by atoms with Gasteiger partial charge in [0, 0.05) is 25.0 Å². The summed E-state index contributed by atoms with van der Waals surface area (Å²) in [5, 5.41) is 30.0. The molecule has 3 heterocycles. The maximum atomic E-state index is 12.9. The first-order chi connectivity index (χ1) is 17.7. The van der Waals surface area contributed by atoms with Gasteiger partial charge in [0.05, 0.1) is 23.3 Å². The summed E-state index contributed by atoms with van der Waals surface area (Å²) in [7, 11) is -4.25. The summed E-state index contributed by atoms with van der Waals surface area (Å²) in [5.41, 5.74) is 1.66. The molecule has 14 nitrogen and oxygen atoms in total. The molecule has 4 rings (SSSR count). The van der Waals surface area contributed by atoms with Crippen LogP contribution in [0.25, 0.3) is 10.9 Å². The molecule has 1 aliphatic heterocycles. The van der Waals surface area contributed by atoms with Crippen molar-refractivity contribution in [3.05, 3.63) is 40.9 Å². The highest BCUT2D eigenvalue weighted by Crippen LogP contribution is 2.21. The number of aliphatic carboxylic acids is 1. The summed E-state index contributed by atoms with van der Waals surface area (Å²) in [6.45, 7) is 4.65. The molecule has 2 aromatic heterocycles. The molecule has 198 valence electrons. The van der Waals surface area contributed by atoms with E-state index in [0.717, 1.165) is 36.6 Å². The van der Waals surface area contributed by atoms with Gasteiger partial charge < -0.3 is 25.6 Å². The van der Waals surface area contributed by atoms with Gasteiger partial charge in [-0.25, -0.2) is 8.42 Å². The van der Waals surface area contributed by atoms with Crippen molar-refractivity contribution in [2.75, 3.05) is 26.2 Å². The van der Waals surface area contributed by atoms with Gasteiger partial charge in [-0.15, -0.1) is 0 Å². The van der Waals surface area contributed by atoms with Gasteiger partial charge in [0.1, 0.15) is 16.6 Å². The van der Waals surface area contributed by atoms with Crippen molar-refractivity contribution < 1.29 is 27.6 Å². The molecule has 0 fully saturated rings. The van der Waals surface area contributed by atoms with E-state index in [1.54, 1.807) is 12.1 Å². The third kappa shape index (κ3) is 5.89. The molecule has 1 aromatic carbocycles. The summed E-state index contributed by atoms with van der Waals surface area (Å²) in [6.07, 6.45) is 1.46. The van der Waals surface area contributed by atoms with Crippen LogP contribution in [0.15, 0.2) is 32.6 Å². The Morgan fingerprint density at radius 2 is 2.08 bits per heavy atom. The number of nitrogens with zero attached hydrogens (tertiary/aromatic N) is 3. The molecule has 1 amide bonds. The molecule has 1 aliphatic rings. The predicted octanol–water partition coefficient (Wildman–Crippen LogP) is -0.189. The number of aryl methyl sites for hydroxylation is 3. The van der Waals surface area contributed by atoms with E-state index in [-0.39, 0.29) is 21.9 Å². The number of carboxylic acids is 1. The Labute approximate surface area is 212 Å². The average Bonchev–Trinajstić information content (AvgIpc) is 3.59. The Kier molecular flexibility index (Phi) is 7.73. The predicted molar refractivity (Wildman–Crippen MR) is 133 cm³/mol. The number of carbonyl (C=O) groups is 2. The maximum absolute atomic E-state index is 12.9. The Morgan fingerprint density at radius 1 is 1.27 bits per heavy atom. The van der Waals surface area contributed by atoms with E-state index in [9.17, 15) is 23.1 Å². The van der Waals surface area contributed by atoms with Crippen molar-refractivity contribution in [1.82, 2.24) is 36.0 Å². The molecule has 15 heteroatoms. The van der Waals surface area contributed by atoms with E-state index < -0.39 is 34.5 Å². The summed E-state index contributed by atoms with van der Waals surface area (Å²) in [5.74, 6) is -1.21. The Morgan fingerprint density at radius 3 is 2.76 bits per heavy atom. The molecule has 0 saturated carbocycles. The molecule has 0 radical (unpaired) electrons. The third-order valence-corrected chi connectivity index (χ3v) is 7.49. The molecule has 3 aromatic rings. The summed E-state index contributed by atoms with van der Waals surface area (Å²) >= 11 is 0. The fourth-order valence-corrected chi connectivity index (χ4v) is 5.55. The SMILES string of the molecule is Cc1noc(C)c1S(=O)(=O)NC(CNC(=O)c1cccc2c(CCCNC3=NCCN3)n[nH]c12)C(=O)O. The molecular formula is C22H28N8O6S. The van der Waals surface area contributed by atoms with Crippen molar-refractivity contribution in [3.8, 4) is 0 Å². The van der Waals surface area contributed by atoms with Crippen LogP contribution >= 0.6 is 0 Å². The standard InChI is InChI=1S/C22H28N8O6S/c1-12-19(13(2)36-29-12)37(34,35)30-17(21(32)33)11-26-20(31)15-6-3-5-14-16(27-28-18(14)15)7-4-8-23-22-24-9-10-25-22/h3,5-6,17,30H,4,7-11H2,1-2H3,(H,26,31)(H,27,28)(H,32,33)(H2,23,24,25). The van der Waals surface area contributed by atoms with Gasteiger partial charge in [0.2, 0.25) is 10.0 Å². The van der Waals surface area contributed by atoms with Crippen molar-refractivity contribution in [2.24, 2.45) is 4.99 Å². The Bertz CT molecular complexity index is 1420. The molecule has 1 atom stereocenters. The van der Waals surface area contributed by atoms with Crippen molar-refractivity contribution in [3.63, 3.8) is 0 Å². The van der Waals surface area contributed by atoms with Crippen LogP contribution in [0, 0.1) is 13.8 Å². The molecular weight excluding hydrogens is 504 g/mol. The minimum absolute atomic E-state index is 0.0274. The lowest BCUT2D eigenvalue weighted by atomic mass is 10.1. The van der Waals surface area contributed by atoms with Crippen LogP contribution in [0.1, 0.15) is 33.9 Å². The van der Waals surface area contributed by atoms with Crippen molar-refractivity contribution >= 4 is 38.8 Å². The van der Waals surface area contributed by atoms with Gasteiger partial charge in [-0.3, -0.25) is 19.7 Å². The quantitative estimate of drug-likeness (QED) is 0.180. The Balaban J connectivity index is 1.40. The molecule has 0 bridgehead atoms. The fourth-order valence-electron chi connectivity index (χ4n) is 4.03. The molecule has 0 aliphatic carbocycles. The van der Waals surface area contributed by atoms with Crippen LogP contribution in [0.5, 0.6) is 0 Å². The minimum atomic E-state index is -4.25. The highest BCUT2D eigenvalue weighted by molar-refractivity contribution is 7.89. The highest BCUT2D eigenvalue weighted by atomic mass is 32.2. The van der Waals surface area contributed by atoms with Crippen molar-refractivity contribution in [1.29, 1.82) is 0 Å². The molecule has 1 unspecified atom stereocenters. The summed E-state index contributed by atoms with van der Waals surface area (Å²) in [6, 6.07) is 3.51. The number of sulfonamides is 1. The number of amides is 1. The van der Waals surface area contributed by atoms with E-state index in [4.69, 9.17) is 4.52 Å². The summed E-state index contributed by atoms with van der Waals surface area (Å²) in [4.78, 5) is 28.7. The van der Waals surface area contributed by atoms with E-state index in [2.05, 4.69) is 41.0 Å². The topological polar surface area (TPSA) is 204 Å². The number of aliphatic imine (C=N–C) groups is 1. The first-order valence-electron chi connectivity index (χ1n) is 11.6. The maximum Gasteiger partial charge on any atom is 0.323 e. The van der Waals surface area contributed by atoms with Crippen LogP contribution < -0.4 is 20.7 Å². The number of aromatic amines is 1. The lowest BCUT2D eigenvalue weighted by Gasteiger charge is -2.15. The number of nitrogens with one attached hydrogen (secondary N) is 5. The van der Waals surface area contributed by atoms with Crippen LogP contribution in [-0.2, 0) is 21.2 Å². The number of hydrogen-bond donors (Lipinski definition) is 6. The number of para-hydroxylation sites is 1. The van der Waals surface area contributed by atoms with Crippen molar-refractivity contribution in [2.45, 2.75) is 37.6 Å². The van der Waals surface area contributed by atoms with Gasteiger partial charge in [-0.1, -0.05) is 17.3 Å². The van der Waals surface area contributed by atoms with Crippen LogP contribution in [-0.4, -0.2) is 78.9 Å². The van der Waals surface area contributed by atoms with E-state index in [1.165, 1.54) is 13.8 Å². The lowest BCUT2D eigenvalue weighted by molar-refractivity contribution is -0.138. The fraction of sp³-hybridized carbons (Fsp3) is 0.409. The average molecular weight is 533 g/mol. The molecule has 0 saturated heterocycles. The summed E-state index contributed by atoms with van der Waals surface area (Å²) < 4.78 is 32.4. The monoisotopic (exact) mass is 532 g/mol. The third-order valence-electron chi connectivity index (χ3n) is 5.78. The highest BCUT2D eigenvalue weighted by Gasteiger charge is 2.30. The lowest BCUT2D eigenvalue weighted by Crippen LogP contribution is -2.48. The number of aromatic nitrogens is 3. The second-order valence-electron chi connectivity index (χ2n) is 8.46. The van der Waals surface area contributed by atoms with E-state index in [0.29, 0.717) is 18.5 Å². The molecule has 0 spiro atoms. The van der Waals surface area contributed by atoms with Crippen LogP contribution in [0.2, 0.25) is 0 Å². The zero-order chi connectivity index (χ0) is 26.6. The zero-order valence-corrected chi connectivity index (χ0v) is 21.1. The van der Waals surface area contributed by atoms with E-state index in [1.807, 2.05) is 6.07 Å². The second-order valence-corrected chi connectivity index (χ2v) is 10.1. The minimum Gasteiger partial charge on any atom is -0.480 e. The van der Waals surface area contributed by atoms with Gasteiger partial charge in [0.15, 0.2) is 11.7 Å². The first-order valence-corrected chi connectivity index (χ1v) is 13.1. The molecule has 37 heavy (non-hydrogen) atoms. The zero-order valence-electron chi connectivity index (χ0n) is 20.3. The number of fused-ring (bicyclic) bond motifs is 1. The second kappa shape index (κ2) is 11.0.